The maximum Gasteiger partial charge on any atom is 0.224 e. The highest BCUT2D eigenvalue weighted by molar-refractivity contribution is 5.79. The van der Waals surface area contributed by atoms with Crippen LogP contribution in [0.15, 0.2) is 18.2 Å². The number of ether oxygens (including phenoxy) is 2. The molecule has 1 saturated heterocycles. The molecule has 1 aliphatic rings. The first-order valence-electron chi connectivity index (χ1n) is 8.18. The molecular weight excluding hydrogens is 292 g/mol. The Morgan fingerprint density at radius 3 is 2.70 bits per heavy atom. The molecule has 0 aliphatic carbocycles. The summed E-state index contributed by atoms with van der Waals surface area (Å²) in [5.74, 6) is 0.794. The zero-order valence-corrected chi connectivity index (χ0v) is 14.4. The zero-order chi connectivity index (χ0) is 16.7. The molecule has 2 rings (SSSR count). The van der Waals surface area contributed by atoms with E-state index in [4.69, 9.17) is 9.47 Å². The fraction of sp³-hybridized carbons (Fsp3) is 0.611. The maximum absolute atomic E-state index is 12.4. The average Bonchev–Trinajstić information content (AvgIpc) is 2.55. The van der Waals surface area contributed by atoms with Crippen molar-refractivity contribution < 1.29 is 14.3 Å². The van der Waals surface area contributed by atoms with Gasteiger partial charge in [-0.15, -0.1) is 0 Å². The molecule has 23 heavy (non-hydrogen) atoms. The summed E-state index contributed by atoms with van der Waals surface area (Å²) in [6.45, 7) is 5.32. The molecular formula is C18H28N2O3. The van der Waals surface area contributed by atoms with Crippen molar-refractivity contribution in [2.75, 3.05) is 40.5 Å². The van der Waals surface area contributed by atoms with Crippen molar-refractivity contribution >= 4 is 5.91 Å². The minimum absolute atomic E-state index is 0.0305. The van der Waals surface area contributed by atoms with Gasteiger partial charge in [0.05, 0.1) is 20.1 Å². The van der Waals surface area contributed by atoms with Gasteiger partial charge in [-0.3, -0.25) is 4.79 Å². The van der Waals surface area contributed by atoms with E-state index in [1.54, 1.807) is 14.2 Å². The molecule has 1 heterocycles. The highest BCUT2D eigenvalue weighted by Gasteiger charge is 2.32. The molecule has 0 spiro atoms. The minimum Gasteiger partial charge on any atom is -0.496 e. The molecule has 1 fully saturated rings. The molecule has 5 heteroatoms. The molecule has 0 saturated carbocycles. The molecule has 0 bridgehead atoms. The summed E-state index contributed by atoms with van der Waals surface area (Å²) in [4.78, 5) is 12.4. The number of amides is 1. The second kappa shape index (κ2) is 8.31. The number of benzene rings is 1. The lowest BCUT2D eigenvalue weighted by Gasteiger charge is -2.37. The van der Waals surface area contributed by atoms with Crippen molar-refractivity contribution in [3.8, 4) is 5.75 Å². The Labute approximate surface area is 138 Å². The lowest BCUT2D eigenvalue weighted by Crippen LogP contribution is -2.47. The fourth-order valence-electron chi connectivity index (χ4n) is 3.20. The summed E-state index contributed by atoms with van der Waals surface area (Å²) in [6.07, 6.45) is 2.38. The molecule has 1 amide bonds. The van der Waals surface area contributed by atoms with Gasteiger partial charge in [0, 0.05) is 24.6 Å². The Bertz CT molecular complexity index is 519. The van der Waals surface area contributed by atoms with E-state index in [0.29, 0.717) is 19.6 Å². The highest BCUT2D eigenvalue weighted by Crippen LogP contribution is 2.28. The number of methoxy groups -OCH3 is 2. The van der Waals surface area contributed by atoms with E-state index in [-0.39, 0.29) is 11.3 Å². The van der Waals surface area contributed by atoms with Crippen LogP contribution in [0.25, 0.3) is 0 Å². The van der Waals surface area contributed by atoms with Gasteiger partial charge in [0.25, 0.3) is 0 Å². The first kappa shape index (κ1) is 17.8. The minimum atomic E-state index is 0.0305. The average molecular weight is 320 g/mol. The Hall–Kier alpha value is -1.59. The van der Waals surface area contributed by atoms with Gasteiger partial charge in [-0.05, 0) is 38.9 Å². The van der Waals surface area contributed by atoms with Crippen LogP contribution in [0, 0.1) is 12.3 Å². The second-order valence-corrected chi connectivity index (χ2v) is 6.45. The predicted molar refractivity (Wildman–Crippen MR) is 90.9 cm³/mol. The Morgan fingerprint density at radius 1 is 1.30 bits per heavy atom. The first-order chi connectivity index (χ1) is 11.1. The standard InChI is InChI=1S/C18H28N2O3/c1-14-4-5-16(23-3)15(10-14)11-17(21)20-12-18(13-22-2)6-8-19-9-7-18/h4-5,10,19H,6-9,11-13H2,1-3H3,(H,20,21). The van der Waals surface area contributed by atoms with E-state index in [2.05, 4.69) is 10.6 Å². The van der Waals surface area contributed by atoms with Crippen molar-refractivity contribution in [1.82, 2.24) is 10.6 Å². The summed E-state index contributed by atoms with van der Waals surface area (Å²) < 4.78 is 10.7. The largest absolute Gasteiger partial charge is 0.496 e. The van der Waals surface area contributed by atoms with Crippen LogP contribution < -0.4 is 15.4 Å². The van der Waals surface area contributed by atoms with E-state index >= 15 is 0 Å². The van der Waals surface area contributed by atoms with E-state index in [1.807, 2.05) is 25.1 Å². The second-order valence-electron chi connectivity index (χ2n) is 6.45. The van der Waals surface area contributed by atoms with E-state index in [9.17, 15) is 4.79 Å². The van der Waals surface area contributed by atoms with Crippen molar-refractivity contribution in [1.29, 1.82) is 0 Å². The van der Waals surface area contributed by atoms with Gasteiger partial charge in [0.1, 0.15) is 5.75 Å². The van der Waals surface area contributed by atoms with Gasteiger partial charge in [-0.25, -0.2) is 0 Å². The molecule has 0 unspecified atom stereocenters. The van der Waals surface area contributed by atoms with Crippen LogP contribution in [-0.4, -0.2) is 46.4 Å². The summed E-state index contributed by atoms with van der Waals surface area (Å²) in [6, 6.07) is 5.91. The summed E-state index contributed by atoms with van der Waals surface area (Å²) in [7, 11) is 3.36. The van der Waals surface area contributed by atoms with Crippen LogP contribution in [-0.2, 0) is 16.0 Å². The van der Waals surface area contributed by atoms with Crippen molar-refractivity contribution in [3.63, 3.8) is 0 Å². The molecule has 128 valence electrons. The number of hydrogen-bond donors (Lipinski definition) is 2. The molecule has 5 nitrogen and oxygen atoms in total. The first-order valence-corrected chi connectivity index (χ1v) is 8.18. The van der Waals surface area contributed by atoms with Gasteiger partial charge in [-0.2, -0.15) is 0 Å². The fourth-order valence-corrected chi connectivity index (χ4v) is 3.20. The third kappa shape index (κ3) is 4.94. The SMILES string of the molecule is COCC1(CNC(=O)Cc2cc(C)ccc2OC)CCNCC1. The van der Waals surface area contributed by atoms with Crippen molar-refractivity contribution in [2.45, 2.75) is 26.2 Å². The Balaban J connectivity index is 1.95. The molecule has 0 radical (unpaired) electrons. The molecule has 1 aliphatic heterocycles. The summed E-state index contributed by atoms with van der Waals surface area (Å²) in [5.41, 5.74) is 2.10. The summed E-state index contributed by atoms with van der Waals surface area (Å²) in [5, 5.41) is 6.46. The third-order valence-electron chi connectivity index (χ3n) is 4.56. The van der Waals surface area contributed by atoms with Crippen LogP contribution in [0.5, 0.6) is 5.75 Å². The van der Waals surface area contributed by atoms with Gasteiger partial charge in [0.15, 0.2) is 0 Å². The normalized spacial score (nSPS) is 16.8. The molecule has 2 N–H and O–H groups in total. The van der Waals surface area contributed by atoms with Gasteiger partial charge >= 0.3 is 0 Å². The Kier molecular flexibility index (Phi) is 6.42. The quantitative estimate of drug-likeness (QED) is 0.802. The molecule has 0 aromatic heterocycles. The van der Waals surface area contributed by atoms with Crippen LogP contribution >= 0.6 is 0 Å². The number of hydrogen-bond acceptors (Lipinski definition) is 4. The summed E-state index contributed by atoms with van der Waals surface area (Å²) >= 11 is 0. The highest BCUT2D eigenvalue weighted by atomic mass is 16.5. The van der Waals surface area contributed by atoms with Crippen LogP contribution in [0.2, 0.25) is 0 Å². The lowest BCUT2D eigenvalue weighted by molar-refractivity contribution is -0.121. The van der Waals surface area contributed by atoms with Gasteiger partial charge < -0.3 is 20.1 Å². The van der Waals surface area contributed by atoms with E-state index in [0.717, 1.165) is 42.8 Å². The van der Waals surface area contributed by atoms with Crippen molar-refractivity contribution in [3.05, 3.63) is 29.3 Å². The number of aryl methyl sites for hydroxylation is 1. The van der Waals surface area contributed by atoms with E-state index in [1.165, 1.54) is 0 Å². The smallest absolute Gasteiger partial charge is 0.224 e. The topological polar surface area (TPSA) is 59.6 Å². The number of nitrogens with one attached hydrogen (secondary N) is 2. The number of carbonyl (C=O) groups is 1. The number of carbonyl (C=O) groups excluding carboxylic acids is 1. The lowest BCUT2D eigenvalue weighted by atomic mass is 9.79. The molecule has 1 aromatic carbocycles. The van der Waals surface area contributed by atoms with Crippen LogP contribution in [0.1, 0.15) is 24.0 Å². The number of piperidine rings is 1. The predicted octanol–water partition coefficient (Wildman–Crippen LogP) is 1.68. The zero-order valence-electron chi connectivity index (χ0n) is 14.4. The maximum atomic E-state index is 12.4. The molecule has 0 atom stereocenters. The molecule has 1 aromatic rings. The van der Waals surface area contributed by atoms with Crippen LogP contribution in [0.3, 0.4) is 0 Å². The van der Waals surface area contributed by atoms with Gasteiger partial charge in [0.2, 0.25) is 5.91 Å². The van der Waals surface area contributed by atoms with Crippen molar-refractivity contribution in [2.24, 2.45) is 5.41 Å². The van der Waals surface area contributed by atoms with Gasteiger partial charge in [-0.1, -0.05) is 17.7 Å². The monoisotopic (exact) mass is 320 g/mol. The van der Waals surface area contributed by atoms with Crippen LogP contribution in [0.4, 0.5) is 0 Å². The number of rotatable bonds is 7. The van der Waals surface area contributed by atoms with E-state index < -0.39 is 0 Å². The Morgan fingerprint density at radius 2 is 2.04 bits per heavy atom. The third-order valence-corrected chi connectivity index (χ3v) is 4.56.